The van der Waals surface area contributed by atoms with Crippen molar-refractivity contribution in [3.05, 3.63) is 53.6 Å². The van der Waals surface area contributed by atoms with Crippen LogP contribution in [0.25, 0.3) is 0 Å². The number of hydrogen-bond acceptors (Lipinski definition) is 3. The van der Waals surface area contributed by atoms with Crippen LogP contribution in [0.2, 0.25) is 0 Å². The summed E-state index contributed by atoms with van der Waals surface area (Å²) in [6, 6.07) is 12.9. The van der Waals surface area contributed by atoms with Crippen LogP contribution in [0, 0.1) is 0 Å². The predicted molar refractivity (Wildman–Crippen MR) is 76.9 cm³/mol. The number of anilines is 3. The van der Waals surface area contributed by atoms with Crippen molar-refractivity contribution in [1.82, 2.24) is 0 Å². The second-order valence-electron chi connectivity index (χ2n) is 4.28. The molecule has 0 saturated carbocycles. The Hall–Kier alpha value is -2.49. The van der Waals surface area contributed by atoms with Crippen LogP contribution in [-0.4, -0.2) is 11.1 Å². The smallest absolute Gasteiger partial charge is 0.337 e. The third kappa shape index (κ3) is 3.04. The molecule has 2 rings (SSSR count). The number of nitrogens with one attached hydrogen (secondary N) is 1. The third-order valence-corrected chi connectivity index (χ3v) is 2.93. The van der Waals surface area contributed by atoms with Gasteiger partial charge in [0.2, 0.25) is 0 Å². The zero-order valence-electron chi connectivity index (χ0n) is 10.7. The van der Waals surface area contributed by atoms with Crippen molar-refractivity contribution in [3.8, 4) is 0 Å². The van der Waals surface area contributed by atoms with Crippen molar-refractivity contribution in [3.63, 3.8) is 0 Å². The molecule has 2 aromatic rings. The Bertz CT molecular complexity index is 592. The van der Waals surface area contributed by atoms with Gasteiger partial charge in [-0.05, 0) is 42.3 Å². The van der Waals surface area contributed by atoms with E-state index in [1.165, 1.54) is 11.6 Å². The second kappa shape index (κ2) is 5.44. The fourth-order valence-corrected chi connectivity index (χ4v) is 1.83. The molecule has 4 nitrogen and oxygen atoms in total. The molecule has 2 aromatic carbocycles. The Morgan fingerprint density at radius 3 is 2.32 bits per heavy atom. The summed E-state index contributed by atoms with van der Waals surface area (Å²) in [7, 11) is 0. The van der Waals surface area contributed by atoms with Gasteiger partial charge in [0.25, 0.3) is 0 Å². The summed E-state index contributed by atoms with van der Waals surface area (Å²) in [4.78, 5) is 10.9. The molecule has 0 spiro atoms. The number of hydrogen-bond donors (Lipinski definition) is 3. The van der Waals surface area contributed by atoms with Gasteiger partial charge in [-0.3, -0.25) is 0 Å². The number of carboxylic acid groups (broad SMARTS) is 1. The first-order valence-corrected chi connectivity index (χ1v) is 6.09. The van der Waals surface area contributed by atoms with Gasteiger partial charge in [-0.15, -0.1) is 0 Å². The van der Waals surface area contributed by atoms with Crippen molar-refractivity contribution in [2.75, 3.05) is 11.1 Å². The van der Waals surface area contributed by atoms with E-state index in [1.807, 2.05) is 12.1 Å². The molecule has 0 atom stereocenters. The molecule has 0 amide bonds. The number of nitrogen functional groups attached to an aromatic ring is 1. The normalized spacial score (nSPS) is 10.2. The molecule has 0 unspecified atom stereocenters. The summed E-state index contributed by atoms with van der Waals surface area (Å²) in [6.07, 6.45) is 1.00. The van der Waals surface area contributed by atoms with E-state index in [-0.39, 0.29) is 11.3 Å². The van der Waals surface area contributed by atoms with Crippen molar-refractivity contribution >= 4 is 23.0 Å². The van der Waals surface area contributed by atoms with Gasteiger partial charge in [-0.1, -0.05) is 19.1 Å². The zero-order valence-corrected chi connectivity index (χ0v) is 10.7. The fourth-order valence-electron chi connectivity index (χ4n) is 1.83. The van der Waals surface area contributed by atoms with Gasteiger partial charge in [0.1, 0.15) is 0 Å². The van der Waals surface area contributed by atoms with E-state index in [9.17, 15) is 4.79 Å². The quantitative estimate of drug-likeness (QED) is 0.734. The molecule has 98 valence electrons. The van der Waals surface area contributed by atoms with Gasteiger partial charge in [0.15, 0.2) is 0 Å². The molecule has 0 fully saturated rings. The lowest BCUT2D eigenvalue weighted by molar-refractivity contribution is 0.0698. The van der Waals surface area contributed by atoms with Gasteiger partial charge in [0, 0.05) is 17.1 Å². The monoisotopic (exact) mass is 256 g/mol. The minimum Gasteiger partial charge on any atom is -0.478 e. The van der Waals surface area contributed by atoms with Crippen molar-refractivity contribution < 1.29 is 9.90 Å². The zero-order chi connectivity index (χ0) is 13.8. The number of rotatable bonds is 4. The molecule has 0 saturated heterocycles. The lowest BCUT2D eigenvalue weighted by Crippen LogP contribution is -2.03. The summed E-state index contributed by atoms with van der Waals surface area (Å²) in [5.41, 5.74) is 9.05. The SMILES string of the molecule is CCc1ccc(Nc2ccc(C(=O)O)c(N)c2)cc1. The molecule has 0 aromatic heterocycles. The molecule has 0 aliphatic carbocycles. The standard InChI is InChI=1S/C15H16N2O2/c1-2-10-3-5-11(6-4-10)17-12-7-8-13(15(18)19)14(16)9-12/h3-9,17H,2,16H2,1H3,(H,18,19). The van der Waals surface area contributed by atoms with E-state index in [2.05, 4.69) is 24.4 Å². The summed E-state index contributed by atoms with van der Waals surface area (Å²) in [5, 5.41) is 12.1. The van der Waals surface area contributed by atoms with Crippen LogP contribution in [0.5, 0.6) is 0 Å². The highest BCUT2D eigenvalue weighted by molar-refractivity contribution is 5.94. The van der Waals surface area contributed by atoms with E-state index in [0.29, 0.717) is 0 Å². The second-order valence-corrected chi connectivity index (χ2v) is 4.28. The van der Waals surface area contributed by atoms with Crippen LogP contribution in [0.4, 0.5) is 17.1 Å². The molecule has 0 bridgehead atoms. The van der Waals surface area contributed by atoms with Crippen LogP contribution >= 0.6 is 0 Å². The first-order valence-electron chi connectivity index (χ1n) is 6.09. The van der Waals surface area contributed by atoms with Gasteiger partial charge in [0.05, 0.1) is 5.56 Å². The lowest BCUT2D eigenvalue weighted by atomic mass is 10.1. The summed E-state index contributed by atoms with van der Waals surface area (Å²) < 4.78 is 0. The molecule has 0 aliphatic heterocycles. The van der Waals surface area contributed by atoms with E-state index in [4.69, 9.17) is 10.8 Å². The van der Waals surface area contributed by atoms with Crippen LogP contribution in [0.1, 0.15) is 22.8 Å². The average Bonchev–Trinajstić information content (AvgIpc) is 2.39. The molecule has 0 heterocycles. The molecule has 0 radical (unpaired) electrons. The number of nitrogens with two attached hydrogens (primary N) is 1. The maximum atomic E-state index is 10.9. The molecule has 4 heteroatoms. The first kappa shape index (κ1) is 13.0. The maximum Gasteiger partial charge on any atom is 0.337 e. The molecular formula is C15H16N2O2. The Morgan fingerprint density at radius 2 is 1.79 bits per heavy atom. The Kier molecular flexibility index (Phi) is 3.71. The highest BCUT2D eigenvalue weighted by atomic mass is 16.4. The Morgan fingerprint density at radius 1 is 1.16 bits per heavy atom. The highest BCUT2D eigenvalue weighted by Crippen LogP contribution is 2.22. The number of aromatic carboxylic acids is 1. The highest BCUT2D eigenvalue weighted by Gasteiger charge is 2.07. The molecule has 4 N–H and O–H groups in total. The van der Waals surface area contributed by atoms with Crippen LogP contribution in [0.15, 0.2) is 42.5 Å². The maximum absolute atomic E-state index is 10.9. The van der Waals surface area contributed by atoms with Crippen LogP contribution in [-0.2, 0) is 6.42 Å². The fraction of sp³-hybridized carbons (Fsp3) is 0.133. The first-order chi connectivity index (χ1) is 9.10. The summed E-state index contributed by atoms with van der Waals surface area (Å²) in [6.45, 7) is 2.10. The van der Waals surface area contributed by atoms with Gasteiger partial charge in [-0.25, -0.2) is 4.79 Å². The third-order valence-electron chi connectivity index (χ3n) is 2.93. The van der Waals surface area contributed by atoms with E-state index in [1.54, 1.807) is 12.1 Å². The van der Waals surface area contributed by atoms with Gasteiger partial charge in [-0.2, -0.15) is 0 Å². The van der Waals surface area contributed by atoms with E-state index < -0.39 is 5.97 Å². The molecule has 0 aliphatic rings. The number of carbonyl (C=O) groups is 1. The number of carboxylic acids is 1. The largest absolute Gasteiger partial charge is 0.478 e. The minimum absolute atomic E-state index is 0.117. The van der Waals surface area contributed by atoms with E-state index in [0.717, 1.165) is 17.8 Å². The summed E-state index contributed by atoms with van der Waals surface area (Å²) in [5.74, 6) is -1.02. The molecule has 19 heavy (non-hydrogen) atoms. The van der Waals surface area contributed by atoms with Crippen molar-refractivity contribution in [1.29, 1.82) is 0 Å². The predicted octanol–water partition coefficient (Wildman–Crippen LogP) is 3.27. The minimum atomic E-state index is -1.02. The molecular weight excluding hydrogens is 240 g/mol. The topological polar surface area (TPSA) is 75.3 Å². The lowest BCUT2D eigenvalue weighted by Gasteiger charge is -2.09. The van der Waals surface area contributed by atoms with Gasteiger partial charge < -0.3 is 16.2 Å². The Labute approximate surface area is 111 Å². The van der Waals surface area contributed by atoms with Gasteiger partial charge >= 0.3 is 5.97 Å². The average molecular weight is 256 g/mol. The van der Waals surface area contributed by atoms with Crippen molar-refractivity contribution in [2.24, 2.45) is 0 Å². The number of benzene rings is 2. The van der Waals surface area contributed by atoms with Crippen molar-refractivity contribution in [2.45, 2.75) is 13.3 Å². The Balaban J connectivity index is 2.18. The van der Waals surface area contributed by atoms with E-state index >= 15 is 0 Å². The summed E-state index contributed by atoms with van der Waals surface area (Å²) >= 11 is 0. The van der Waals surface area contributed by atoms with Crippen LogP contribution < -0.4 is 11.1 Å². The number of aryl methyl sites for hydroxylation is 1. The van der Waals surface area contributed by atoms with Crippen LogP contribution in [0.3, 0.4) is 0 Å².